The van der Waals surface area contributed by atoms with E-state index < -0.39 is 0 Å². The average Bonchev–Trinajstić information content (AvgIpc) is 3.07. The first-order valence-electron chi connectivity index (χ1n) is 5.14. The molecule has 0 spiro atoms. The average molecular weight is 236 g/mol. The minimum absolute atomic E-state index is 0.205. The molecule has 3 rings (SSSR count). The molecule has 4 nitrogen and oxygen atoms in total. The van der Waals surface area contributed by atoms with Crippen molar-refractivity contribution in [3.63, 3.8) is 0 Å². The molecule has 0 amide bonds. The van der Waals surface area contributed by atoms with Crippen molar-refractivity contribution in [2.45, 2.75) is 18.8 Å². The Labute approximate surface area is 96.6 Å². The third-order valence-corrected chi connectivity index (χ3v) is 3.07. The van der Waals surface area contributed by atoms with Crippen molar-refractivity contribution in [2.24, 2.45) is 0 Å². The normalized spacial score (nSPS) is 15.6. The summed E-state index contributed by atoms with van der Waals surface area (Å²) in [5.41, 5.74) is 0.421. The Hall–Kier alpha value is -1.55. The minimum Gasteiger partial charge on any atom is -0.335 e. The van der Waals surface area contributed by atoms with Gasteiger partial charge in [0.2, 0.25) is 0 Å². The van der Waals surface area contributed by atoms with Gasteiger partial charge in [-0.15, -0.1) is 0 Å². The van der Waals surface area contributed by atoms with Gasteiger partial charge in [-0.2, -0.15) is 0 Å². The number of hydrogen-bond acceptors (Lipinski definition) is 3. The highest BCUT2D eigenvalue weighted by atomic mass is 35.5. The Bertz CT molecular complexity index is 631. The van der Waals surface area contributed by atoms with E-state index in [4.69, 9.17) is 17.4 Å². The van der Waals surface area contributed by atoms with Gasteiger partial charge < -0.3 is 5.84 Å². The fourth-order valence-electron chi connectivity index (χ4n) is 1.82. The smallest absolute Gasteiger partial charge is 0.279 e. The summed E-state index contributed by atoms with van der Waals surface area (Å²) in [6.07, 6.45) is 2.10. The number of fused-ring (bicyclic) bond motifs is 1. The highest BCUT2D eigenvalue weighted by molar-refractivity contribution is 6.31. The predicted octanol–water partition coefficient (Wildman–Crippen LogP) is 1.64. The van der Waals surface area contributed by atoms with Crippen molar-refractivity contribution in [3.05, 3.63) is 39.4 Å². The number of nitrogens with two attached hydrogens (primary N) is 1. The quantitative estimate of drug-likeness (QED) is 0.765. The van der Waals surface area contributed by atoms with Gasteiger partial charge in [0.05, 0.1) is 10.9 Å². The molecular formula is C11H10ClN3O. The maximum Gasteiger partial charge on any atom is 0.279 e. The van der Waals surface area contributed by atoms with Crippen LogP contribution >= 0.6 is 11.6 Å². The number of nitrogen functional groups attached to an aromatic ring is 1. The summed E-state index contributed by atoms with van der Waals surface area (Å²) in [7, 11) is 0. The van der Waals surface area contributed by atoms with E-state index in [2.05, 4.69) is 4.98 Å². The molecule has 1 aliphatic rings. The molecular weight excluding hydrogens is 226 g/mol. The molecule has 0 atom stereocenters. The number of aromatic nitrogens is 2. The summed E-state index contributed by atoms with van der Waals surface area (Å²) in [5, 5.41) is 1.09. The molecule has 0 radical (unpaired) electrons. The summed E-state index contributed by atoms with van der Waals surface area (Å²) in [6, 6.07) is 5.03. The van der Waals surface area contributed by atoms with E-state index in [-0.39, 0.29) is 5.56 Å². The summed E-state index contributed by atoms with van der Waals surface area (Å²) in [6.45, 7) is 0. The number of benzene rings is 1. The van der Waals surface area contributed by atoms with Gasteiger partial charge in [-0.25, -0.2) is 9.66 Å². The van der Waals surface area contributed by atoms with E-state index >= 15 is 0 Å². The lowest BCUT2D eigenvalue weighted by Gasteiger charge is -2.07. The number of nitrogens with zero attached hydrogens (tertiary/aromatic N) is 2. The molecule has 1 aromatic carbocycles. The van der Waals surface area contributed by atoms with Crippen LogP contribution in [-0.4, -0.2) is 9.66 Å². The zero-order valence-electron chi connectivity index (χ0n) is 8.48. The van der Waals surface area contributed by atoms with Crippen molar-refractivity contribution < 1.29 is 0 Å². The van der Waals surface area contributed by atoms with Gasteiger partial charge in [-0.3, -0.25) is 4.79 Å². The highest BCUT2D eigenvalue weighted by Crippen LogP contribution is 2.38. The lowest BCUT2D eigenvalue weighted by Crippen LogP contribution is -2.31. The molecule has 2 N–H and O–H groups in total. The molecule has 0 unspecified atom stereocenters. The molecule has 5 heteroatoms. The van der Waals surface area contributed by atoms with Crippen LogP contribution in [0.15, 0.2) is 23.0 Å². The molecule has 2 aromatic rings. The molecule has 1 aromatic heterocycles. The maximum atomic E-state index is 11.9. The first kappa shape index (κ1) is 9.66. The van der Waals surface area contributed by atoms with E-state index in [0.29, 0.717) is 27.7 Å². The van der Waals surface area contributed by atoms with Crippen molar-refractivity contribution in [2.75, 3.05) is 5.84 Å². The predicted molar refractivity (Wildman–Crippen MR) is 63.1 cm³/mol. The monoisotopic (exact) mass is 235 g/mol. The molecule has 0 saturated heterocycles. The second kappa shape index (κ2) is 3.22. The summed E-state index contributed by atoms with van der Waals surface area (Å²) >= 11 is 5.88. The van der Waals surface area contributed by atoms with Crippen LogP contribution in [0.1, 0.15) is 24.6 Å². The topological polar surface area (TPSA) is 60.9 Å². The lowest BCUT2D eigenvalue weighted by molar-refractivity contribution is 0.791. The minimum atomic E-state index is -0.205. The highest BCUT2D eigenvalue weighted by Gasteiger charge is 2.28. The van der Waals surface area contributed by atoms with Crippen LogP contribution in [0.25, 0.3) is 10.9 Å². The van der Waals surface area contributed by atoms with Gasteiger partial charge in [-0.05, 0) is 31.0 Å². The SMILES string of the molecule is Nn1c(C2CC2)nc2cc(Cl)ccc2c1=O. The zero-order chi connectivity index (χ0) is 11.3. The number of hydrogen-bond donors (Lipinski definition) is 1. The third kappa shape index (κ3) is 1.38. The van der Waals surface area contributed by atoms with Crippen molar-refractivity contribution in [1.82, 2.24) is 9.66 Å². The fraction of sp³-hybridized carbons (Fsp3) is 0.273. The Morgan fingerprint density at radius 2 is 2.19 bits per heavy atom. The maximum absolute atomic E-state index is 11.9. The molecule has 1 fully saturated rings. The standard InChI is InChI=1S/C11H10ClN3O/c12-7-3-4-8-9(5-7)14-10(6-1-2-6)15(13)11(8)16/h3-6H,1-2,13H2. The molecule has 16 heavy (non-hydrogen) atoms. The Kier molecular flexibility index (Phi) is 1.94. The summed E-state index contributed by atoms with van der Waals surface area (Å²) in [4.78, 5) is 16.4. The van der Waals surface area contributed by atoms with Gasteiger partial charge in [0, 0.05) is 10.9 Å². The van der Waals surface area contributed by atoms with E-state index in [1.54, 1.807) is 18.2 Å². The molecule has 1 saturated carbocycles. The van der Waals surface area contributed by atoms with Gasteiger partial charge in [0.1, 0.15) is 5.82 Å². The lowest BCUT2D eigenvalue weighted by atomic mass is 10.2. The first-order chi connectivity index (χ1) is 7.66. The van der Waals surface area contributed by atoms with Gasteiger partial charge in [-0.1, -0.05) is 11.6 Å². The molecule has 1 aliphatic carbocycles. The summed E-state index contributed by atoms with van der Waals surface area (Å²) in [5.74, 6) is 6.74. The van der Waals surface area contributed by atoms with Crippen LogP contribution in [0.2, 0.25) is 5.02 Å². The van der Waals surface area contributed by atoms with Crippen LogP contribution in [0, 0.1) is 0 Å². The van der Waals surface area contributed by atoms with E-state index in [1.165, 1.54) is 0 Å². The Morgan fingerprint density at radius 3 is 2.88 bits per heavy atom. The Balaban J connectivity index is 2.38. The first-order valence-corrected chi connectivity index (χ1v) is 5.52. The Morgan fingerprint density at radius 1 is 1.44 bits per heavy atom. The second-order valence-corrected chi connectivity index (χ2v) is 4.52. The molecule has 82 valence electrons. The van der Waals surface area contributed by atoms with E-state index in [1.807, 2.05) is 0 Å². The van der Waals surface area contributed by atoms with Crippen LogP contribution < -0.4 is 11.4 Å². The second-order valence-electron chi connectivity index (χ2n) is 4.08. The zero-order valence-corrected chi connectivity index (χ0v) is 9.24. The molecule has 0 aliphatic heterocycles. The fourth-order valence-corrected chi connectivity index (χ4v) is 1.99. The van der Waals surface area contributed by atoms with Crippen LogP contribution in [0.4, 0.5) is 0 Å². The molecule has 1 heterocycles. The van der Waals surface area contributed by atoms with Gasteiger partial charge in [0.15, 0.2) is 0 Å². The van der Waals surface area contributed by atoms with Gasteiger partial charge >= 0.3 is 0 Å². The van der Waals surface area contributed by atoms with Crippen molar-refractivity contribution in [3.8, 4) is 0 Å². The summed E-state index contributed by atoms with van der Waals surface area (Å²) < 4.78 is 1.16. The largest absolute Gasteiger partial charge is 0.335 e. The van der Waals surface area contributed by atoms with Crippen LogP contribution in [0.3, 0.4) is 0 Å². The number of rotatable bonds is 1. The third-order valence-electron chi connectivity index (χ3n) is 2.83. The molecule has 0 bridgehead atoms. The van der Waals surface area contributed by atoms with Crippen molar-refractivity contribution in [1.29, 1.82) is 0 Å². The number of halogens is 1. The van der Waals surface area contributed by atoms with Gasteiger partial charge in [0.25, 0.3) is 5.56 Å². The van der Waals surface area contributed by atoms with Crippen LogP contribution in [-0.2, 0) is 0 Å². The van der Waals surface area contributed by atoms with Crippen molar-refractivity contribution >= 4 is 22.5 Å². The van der Waals surface area contributed by atoms with Crippen LogP contribution in [0.5, 0.6) is 0 Å². The van der Waals surface area contributed by atoms with E-state index in [0.717, 1.165) is 17.5 Å². The van der Waals surface area contributed by atoms with E-state index in [9.17, 15) is 4.79 Å².